The number of guanidine groups is 1. The summed E-state index contributed by atoms with van der Waals surface area (Å²) >= 11 is 0. The minimum atomic E-state index is -4.29. The molecule has 0 saturated heterocycles. The molecule has 12 heteroatoms. The molecule has 278 valence electrons. The lowest BCUT2D eigenvalue weighted by atomic mass is 9.78. The number of hydrogen-bond donors (Lipinski definition) is 5. The first-order valence-corrected chi connectivity index (χ1v) is 17.7. The van der Waals surface area contributed by atoms with Gasteiger partial charge in [-0.25, -0.2) is 4.79 Å². The van der Waals surface area contributed by atoms with Crippen LogP contribution in [-0.4, -0.2) is 39.6 Å². The standard InChI is InChI=1S/C22H31N7O.C17H24F3N/c1-14(25-10-5-11-26-20(23)24)15-6-8-17(9-7-15)29-13-16-12-18(22(2,3)4)27-19(16)28-21(29)30;1-16(2,3)13-8-12(9-14(10-13)17(18,19)20)11-4-6-15(21)7-5-11/h6-9,12-14,25H,5,10-11H2,1-4H3,(H4,23,24,26)(H,27,28,30);8-11,15H,4-7,21H2,1-3H3/t14-;/m0./s1. The summed E-state index contributed by atoms with van der Waals surface area (Å²) in [6.45, 7) is 15.7. The van der Waals surface area contributed by atoms with Gasteiger partial charge in [-0.2, -0.15) is 18.2 Å². The van der Waals surface area contributed by atoms with Gasteiger partial charge in [-0.3, -0.25) is 9.56 Å². The van der Waals surface area contributed by atoms with E-state index < -0.39 is 11.7 Å². The molecular formula is C39H55F3N8O. The van der Waals surface area contributed by atoms with E-state index in [0.29, 0.717) is 12.2 Å². The average Bonchev–Trinajstić information content (AvgIpc) is 3.47. The molecule has 51 heavy (non-hydrogen) atoms. The van der Waals surface area contributed by atoms with Gasteiger partial charge in [0.15, 0.2) is 5.96 Å². The molecule has 1 fully saturated rings. The molecule has 1 atom stereocenters. The number of halogens is 3. The third kappa shape index (κ3) is 10.9. The Morgan fingerprint density at radius 2 is 1.59 bits per heavy atom. The molecule has 2 aromatic heterocycles. The molecule has 5 rings (SSSR count). The first kappa shape index (κ1) is 39.6. The van der Waals surface area contributed by atoms with Crippen molar-refractivity contribution in [3.05, 3.63) is 93.2 Å². The van der Waals surface area contributed by atoms with E-state index in [2.05, 4.69) is 54.0 Å². The maximum atomic E-state index is 13.1. The molecule has 1 saturated carbocycles. The van der Waals surface area contributed by atoms with Gasteiger partial charge in [-0.1, -0.05) is 59.7 Å². The minimum absolute atomic E-state index is 0.0390. The highest BCUT2D eigenvalue weighted by molar-refractivity contribution is 5.76. The van der Waals surface area contributed by atoms with Crippen LogP contribution >= 0.6 is 0 Å². The van der Waals surface area contributed by atoms with Crippen molar-refractivity contribution >= 4 is 17.0 Å². The molecule has 1 aliphatic carbocycles. The fraction of sp³-hybridized carbons (Fsp3) is 0.513. The van der Waals surface area contributed by atoms with Crippen molar-refractivity contribution in [2.24, 2.45) is 22.2 Å². The molecule has 8 N–H and O–H groups in total. The van der Waals surface area contributed by atoms with E-state index in [4.69, 9.17) is 17.2 Å². The summed E-state index contributed by atoms with van der Waals surface area (Å²) in [5.41, 5.74) is 20.6. The zero-order valence-electron chi connectivity index (χ0n) is 31.0. The summed E-state index contributed by atoms with van der Waals surface area (Å²) in [6.07, 6.45) is 1.96. The SMILES string of the molecule is CC(C)(C)c1cc(C2CCC(N)CC2)cc(C(F)(F)F)c1.C[C@H](NCCCN=C(N)N)c1ccc(-n2cc3cc(C(C)(C)C)[nH]c3nc2=O)cc1. The first-order chi connectivity index (χ1) is 23.7. The molecule has 0 amide bonds. The third-order valence-corrected chi connectivity index (χ3v) is 9.46. The van der Waals surface area contributed by atoms with Gasteiger partial charge in [0.2, 0.25) is 0 Å². The number of nitrogens with two attached hydrogens (primary N) is 3. The number of nitrogens with one attached hydrogen (secondary N) is 2. The average molecular weight is 709 g/mol. The van der Waals surface area contributed by atoms with Gasteiger partial charge in [0.25, 0.3) is 0 Å². The van der Waals surface area contributed by atoms with Crippen molar-refractivity contribution in [3.63, 3.8) is 0 Å². The van der Waals surface area contributed by atoms with E-state index >= 15 is 0 Å². The van der Waals surface area contributed by atoms with Gasteiger partial charge >= 0.3 is 11.9 Å². The fourth-order valence-electron chi connectivity index (χ4n) is 6.17. The molecular weight excluding hydrogens is 653 g/mol. The van der Waals surface area contributed by atoms with Crippen molar-refractivity contribution in [1.82, 2.24) is 19.9 Å². The lowest BCUT2D eigenvalue weighted by Crippen LogP contribution is -2.26. The second-order valence-electron chi connectivity index (χ2n) is 15.8. The van der Waals surface area contributed by atoms with Gasteiger partial charge in [-0.15, -0.1) is 0 Å². The first-order valence-electron chi connectivity index (χ1n) is 17.7. The Morgan fingerprint density at radius 3 is 2.16 bits per heavy atom. The number of aliphatic imine (C=N–C) groups is 1. The summed E-state index contributed by atoms with van der Waals surface area (Å²) in [6, 6.07) is 14.9. The van der Waals surface area contributed by atoms with Crippen LogP contribution < -0.4 is 28.2 Å². The van der Waals surface area contributed by atoms with Crippen molar-refractivity contribution < 1.29 is 13.2 Å². The molecule has 0 bridgehead atoms. The molecule has 0 radical (unpaired) electrons. The van der Waals surface area contributed by atoms with Crippen LogP contribution in [-0.2, 0) is 17.0 Å². The van der Waals surface area contributed by atoms with E-state index in [9.17, 15) is 18.0 Å². The summed E-state index contributed by atoms with van der Waals surface area (Å²) < 4.78 is 41.0. The highest BCUT2D eigenvalue weighted by Crippen LogP contribution is 2.39. The Bertz CT molecular complexity index is 1800. The normalized spacial score (nSPS) is 17.5. The fourth-order valence-corrected chi connectivity index (χ4v) is 6.17. The van der Waals surface area contributed by atoms with E-state index in [1.54, 1.807) is 4.57 Å². The number of aromatic amines is 1. The number of nitrogens with zero attached hydrogens (tertiary/aromatic N) is 3. The number of rotatable bonds is 8. The molecule has 0 unspecified atom stereocenters. The van der Waals surface area contributed by atoms with Gasteiger partial charge in [0.05, 0.1) is 11.3 Å². The smallest absolute Gasteiger partial charge is 0.370 e. The maximum Gasteiger partial charge on any atom is 0.416 e. The Morgan fingerprint density at radius 1 is 0.961 bits per heavy atom. The van der Waals surface area contributed by atoms with Gasteiger partial charge in [0, 0.05) is 41.3 Å². The number of benzene rings is 2. The number of H-pyrrole nitrogens is 1. The largest absolute Gasteiger partial charge is 0.416 e. The number of alkyl halides is 3. The van der Waals surface area contributed by atoms with Crippen LogP contribution in [0.5, 0.6) is 0 Å². The van der Waals surface area contributed by atoms with Crippen LogP contribution in [0, 0.1) is 0 Å². The van der Waals surface area contributed by atoms with E-state index in [-0.39, 0.29) is 40.5 Å². The molecule has 2 heterocycles. The summed E-state index contributed by atoms with van der Waals surface area (Å²) in [7, 11) is 0. The Balaban J connectivity index is 0.000000244. The van der Waals surface area contributed by atoms with Gasteiger partial charge < -0.3 is 27.5 Å². The number of fused-ring (bicyclic) bond motifs is 1. The predicted octanol–water partition coefficient (Wildman–Crippen LogP) is 7.31. The minimum Gasteiger partial charge on any atom is -0.370 e. The zero-order valence-corrected chi connectivity index (χ0v) is 31.0. The quantitative estimate of drug-likeness (QED) is 0.0735. The van der Waals surface area contributed by atoms with Crippen LogP contribution in [0.1, 0.15) is 120 Å². The second-order valence-corrected chi connectivity index (χ2v) is 15.8. The van der Waals surface area contributed by atoms with Crippen LogP contribution in [0.15, 0.2) is 64.5 Å². The van der Waals surface area contributed by atoms with Crippen LogP contribution in [0.3, 0.4) is 0 Å². The van der Waals surface area contributed by atoms with Crippen molar-refractivity contribution in [1.29, 1.82) is 0 Å². The topological polar surface area (TPSA) is 153 Å². The maximum absolute atomic E-state index is 13.1. The Hall–Kier alpha value is -4.16. The van der Waals surface area contributed by atoms with Crippen molar-refractivity contribution in [2.75, 3.05) is 13.1 Å². The monoisotopic (exact) mass is 708 g/mol. The molecule has 2 aromatic carbocycles. The third-order valence-electron chi connectivity index (χ3n) is 9.46. The summed E-state index contributed by atoms with van der Waals surface area (Å²) in [5, 5.41) is 4.36. The van der Waals surface area contributed by atoms with E-state index in [0.717, 1.165) is 72.1 Å². The van der Waals surface area contributed by atoms with Crippen LogP contribution in [0.4, 0.5) is 13.2 Å². The van der Waals surface area contributed by atoms with E-state index in [1.165, 1.54) is 12.1 Å². The number of aromatic nitrogens is 3. The number of hydrogen-bond acceptors (Lipinski definition) is 5. The molecule has 0 spiro atoms. The summed E-state index contributed by atoms with van der Waals surface area (Å²) in [4.78, 5) is 24.0. The highest BCUT2D eigenvalue weighted by atomic mass is 19.4. The van der Waals surface area contributed by atoms with Crippen molar-refractivity contribution in [3.8, 4) is 5.69 Å². The Kier molecular flexibility index (Phi) is 12.4. The lowest BCUT2D eigenvalue weighted by Gasteiger charge is -2.29. The zero-order chi connectivity index (χ0) is 37.7. The predicted molar refractivity (Wildman–Crippen MR) is 201 cm³/mol. The lowest BCUT2D eigenvalue weighted by molar-refractivity contribution is -0.137. The molecule has 0 aliphatic heterocycles. The molecule has 1 aliphatic rings. The summed E-state index contributed by atoms with van der Waals surface area (Å²) in [5.74, 6) is 0.323. The van der Waals surface area contributed by atoms with Crippen LogP contribution in [0.2, 0.25) is 0 Å². The van der Waals surface area contributed by atoms with Gasteiger partial charge in [0.1, 0.15) is 5.65 Å². The second kappa shape index (κ2) is 16.0. The van der Waals surface area contributed by atoms with E-state index in [1.807, 2.05) is 57.3 Å². The molecule has 4 aromatic rings. The highest BCUT2D eigenvalue weighted by Gasteiger charge is 2.33. The Labute approximate surface area is 299 Å². The van der Waals surface area contributed by atoms with Crippen LogP contribution in [0.25, 0.3) is 16.7 Å². The molecule has 9 nitrogen and oxygen atoms in total. The van der Waals surface area contributed by atoms with Crippen molar-refractivity contribution in [2.45, 2.75) is 116 Å². The van der Waals surface area contributed by atoms with Gasteiger partial charge in [-0.05, 0) is 104 Å².